The first-order valence-electron chi connectivity index (χ1n) is 7.04. The van der Waals surface area contributed by atoms with E-state index in [9.17, 15) is 19.5 Å². The third-order valence-electron chi connectivity index (χ3n) is 4.35. The summed E-state index contributed by atoms with van der Waals surface area (Å²) >= 11 is 0. The highest BCUT2D eigenvalue weighted by Crippen LogP contribution is 2.38. The number of hydrogen-bond donors (Lipinski definition) is 1. The Labute approximate surface area is 130 Å². The lowest BCUT2D eigenvalue weighted by Crippen LogP contribution is -2.08. The van der Waals surface area contributed by atoms with Crippen molar-refractivity contribution in [3.8, 4) is 0 Å². The van der Waals surface area contributed by atoms with E-state index in [1.165, 1.54) is 0 Å². The van der Waals surface area contributed by atoms with Crippen molar-refractivity contribution in [3.63, 3.8) is 0 Å². The fraction of sp³-hybridized carbons (Fsp3) is 0. The highest BCUT2D eigenvalue weighted by molar-refractivity contribution is 6.30. The summed E-state index contributed by atoms with van der Waals surface area (Å²) in [6.07, 6.45) is 1.00. The van der Waals surface area contributed by atoms with E-state index in [1.807, 2.05) is 30.3 Å². The van der Waals surface area contributed by atoms with E-state index in [4.69, 9.17) is 0 Å². The molecular weight excluding hydrogens is 292 g/mol. The van der Waals surface area contributed by atoms with Crippen LogP contribution in [0.15, 0.2) is 42.5 Å². The molecule has 0 spiro atoms. The van der Waals surface area contributed by atoms with Crippen LogP contribution in [0.3, 0.4) is 0 Å². The molecule has 0 fully saturated rings. The normalized spacial score (nSPS) is 11.3. The maximum absolute atomic E-state index is 11.7. The van der Waals surface area contributed by atoms with Crippen molar-refractivity contribution in [3.05, 3.63) is 59.2 Å². The number of carbonyl (C=O) groups is 3. The van der Waals surface area contributed by atoms with Gasteiger partial charge in [0, 0.05) is 11.1 Å². The highest BCUT2D eigenvalue weighted by atomic mass is 16.4. The number of aldehydes is 2. The van der Waals surface area contributed by atoms with Crippen LogP contribution in [0.5, 0.6) is 0 Å². The Morgan fingerprint density at radius 3 is 1.96 bits per heavy atom. The molecule has 4 nitrogen and oxygen atoms in total. The van der Waals surface area contributed by atoms with E-state index in [-0.39, 0.29) is 16.7 Å². The lowest BCUT2D eigenvalue weighted by Gasteiger charge is -2.15. The Kier molecular flexibility index (Phi) is 2.69. The molecule has 110 valence electrons. The van der Waals surface area contributed by atoms with Crippen molar-refractivity contribution in [2.24, 2.45) is 0 Å². The van der Waals surface area contributed by atoms with Gasteiger partial charge in [0.2, 0.25) is 0 Å². The van der Waals surface area contributed by atoms with E-state index in [2.05, 4.69) is 0 Å². The molecule has 0 aliphatic heterocycles. The number of hydrogen-bond acceptors (Lipinski definition) is 3. The first kappa shape index (κ1) is 13.4. The van der Waals surface area contributed by atoms with E-state index >= 15 is 0 Å². The fourth-order valence-corrected chi connectivity index (χ4v) is 3.42. The maximum atomic E-state index is 11.7. The topological polar surface area (TPSA) is 71.4 Å². The van der Waals surface area contributed by atoms with Crippen LogP contribution in [-0.2, 0) is 0 Å². The smallest absolute Gasteiger partial charge is 0.337 e. The van der Waals surface area contributed by atoms with E-state index in [0.717, 1.165) is 16.2 Å². The maximum Gasteiger partial charge on any atom is 0.337 e. The van der Waals surface area contributed by atoms with Crippen LogP contribution in [0, 0.1) is 0 Å². The second kappa shape index (κ2) is 4.61. The van der Waals surface area contributed by atoms with Gasteiger partial charge in [-0.15, -0.1) is 0 Å². The lowest BCUT2D eigenvalue weighted by molar-refractivity contribution is 0.0696. The lowest BCUT2D eigenvalue weighted by atomic mass is 9.86. The molecule has 0 saturated heterocycles. The second-order valence-electron chi connectivity index (χ2n) is 5.42. The standard InChI is InChI=1S/C19H10O4/c20-8-14-12-6-4-10-2-1-3-11-5-7-13(17(12)16(10)11)18(19(22)23)15(14)9-21/h1-9H,(H,22,23). The van der Waals surface area contributed by atoms with Crippen LogP contribution in [0.4, 0.5) is 0 Å². The average Bonchev–Trinajstić information content (AvgIpc) is 2.57. The molecule has 0 bridgehead atoms. The Bertz CT molecular complexity index is 1110. The third kappa shape index (κ3) is 1.63. The SMILES string of the molecule is O=Cc1c(C=O)c2ccc3cccc4ccc(c1C(=O)O)c2c34. The van der Waals surface area contributed by atoms with Gasteiger partial charge < -0.3 is 5.11 Å². The summed E-state index contributed by atoms with van der Waals surface area (Å²) < 4.78 is 0. The zero-order chi connectivity index (χ0) is 16.1. The Hall–Kier alpha value is -3.27. The van der Waals surface area contributed by atoms with Crippen molar-refractivity contribution in [1.29, 1.82) is 0 Å². The van der Waals surface area contributed by atoms with Crippen molar-refractivity contribution >= 4 is 50.9 Å². The predicted octanol–water partition coefficient (Wildman–Crippen LogP) is 3.91. The minimum absolute atomic E-state index is 0.0709. The van der Waals surface area contributed by atoms with Crippen LogP contribution in [0.2, 0.25) is 0 Å². The molecule has 0 amide bonds. The molecule has 0 heterocycles. The molecule has 4 heteroatoms. The molecule has 0 saturated carbocycles. The number of carboxylic acid groups (broad SMARTS) is 1. The molecule has 0 radical (unpaired) electrons. The van der Waals surface area contributed by atoms with Gasteiger partial charge in [0.25, 0.3) is 0 Å². The van der Waals surface area contributed by atoms with Gasteiger partial charge >= 0.3 is 5.97 Å². The van der Waals surface area contributed by atoms with Gasteiger partial charge in [-0.05, 0) is 32.3 Å². The number of aromatic carboxylic acids is 1. The van der Waals surface area contributed by atoms with Gasteiger partial charge in [0.05, 0.1) is 5.56 Å². The minimum Gasteiger partial charge on any atom is -0.478 e. The summed E-state index contributed by atoms with van der Waals surface area (Å²) in [5.41, 5.74) is -0.0608. The van der Waals surface area contributed by atoms with E-state index < -0.39 is 5.97 Å². The summed E-state index contributed by atoms with van der Waals surface area (Å²) in [6, 6.07) is 13.0. The summed E-state index contributed by atoms with van der Waals surface area (Å²) in [4.78, 5) is 34.7. The molecule has 0 aromatic heterocycles. The van der Waals surface area contributed by atoms with Gasteiger partial charge in [0.15, 0.2) is 12.6 Å². The van der Waals surface area contributed by atoms with Crippen LogP contribution >= 0.6 is 0 Å². The second-order valence-corrected chi connectivity index (χ2v) is 5.42. The predicted molar refractivity (Wildman–Crippen MR) is 87.9 cm³/mol. The number of carbonyl (C=O) groups excluding carboxylic acids is 2. The van der Waals surface area contributed by atoms with Gasteiger partial charge in [0.1, 0.15) is 0 Å². The van der Waals surface area contributed by atoms with Crippen LogP contribution in [0.1, 0.15) is 31.1 Å². The van der Waals surface area contributed by atoms with Crippen LogP contribution in [-0.4, -0.2) is 23.6 Å². The van der Waals surface area contributed by atoms with Crippen molar-refractivity contribution in [2.75, 3.05) is 0 Å². The van der Waals surface area contributed by atoms with Crippen molar-refractivity contribution in [1.82, 2.24) is 0 Å². The Balaban J connectivity index is 2.44. The molecule has 1 N–H and O–H groups in total. The van der Waals surface area contributed by atoms with Crippen LogP contribution in [0.25, 0.3) is 32.3 Å². The monoisotopic (exact) mass is 302 g/mol. The van der Waals surface area contributed by atoms with E-state index in [1.54, 1.807) is 12.1 Å². The zero-order valence-corrected chi connectivity index (χ0v) is 11.9. The first-order chi connectivity index (χ1) is 11.2. The van der Waals surface area contributed by atoms with Crippen molar-refractivity contribution < 1.29 is 19.5 Å². The summed E-state index contributed by atoms with van der Waals surface area (Å²) in [5, 5.41) is 14.2. The number of rotatable bonds is 3. The molecule has 0 aliphatic carbocycles. The Morgan fingerprint density at radius 1 is 0.783 bits per heavy atom. The molecule has 0 unspecified atom stereocenters. The first-order valence-corrected chi connectivity index (χ1v) is 7.04. The summed E-state index contributed by atoms with van der Waals surface area (Å²) in [5.74, 6) is -1.21. The highest BCUT2D eigenvalue weighted by Gasteiger charge is 2.22. The molecule has 0 atom stereocenters. The van der Waals surface area contributed by atoms with Crippen LogP contribution < -0.4 is 0 Å². The summed E-state index contributed by atoms with van der Waals surface area (Å²) in [6.45, 7) is 0. The van der Waals surface area contributed by atoms with Crippen molar-refractivity contribution in [2.45, 2.75) is 0 Å². The van der Waals surface area contributed by atoms with Gasteiger partial charge in [-0.25, -0.2) is 4.79 Å². The molecule has 23 heavy (non-hydrogen) atoms. The number of benzene rings is 4. The largest absolute Gasteiger partial charge is 0.478 e. The number of carboxylic acids is 1. The van der Waals surface area contributed by atoms with Gasteiger partial charge in [-0.2, -0.15) is 0 Å². The minimum atomic E-state index is -1.21. The Morgan fingerprint density at radius 2 is 1.39 bits per heavy atom. The van der Waals surface area contributed by atoms with Gasteiger partial charge in [-0.3, -0.25) is 9.59 Å². The fourth-order valence-electron chi connectivity index (χ4n) is 3.42. The molecule has 0 aliphatic rings. The molecule has 4 rings (SSSR count). The van der Waals surface area contributed by atoms with Gasteiger partial charge in [-0.1, -0.05) is 42.5 Å². The average molecular weight is 302 g/mol. The molecular formula is C19H10O4. The summed E-state index contributed by atoms with van der Waals surface area (Å²) in [7, 11) is 0. The van der Waals surface area contributed by atoms with E-state index in [0.29, 0.717) is 28.7 Å². The third-order valence-corrected chi connectivity index (χ3v) is 4.35. The zero-order valence-electron chi connectivity index (χ0n) is 11.9. The quantitative estimate of drug-likeness (QED) is 0.460. The molecule has 4 aromatic carbocycles. The molecule has 4 aromatic rings.